The Balaban J connectivity index is 2.33. The summed E-state index contributed by atoms with van der Waals surface area (Å²) in [6.45, 7) is 8.58. The molecule has 0 aromatic rings. The first-order valence-electron chi connectivity index (χ1n) is 7.13. The van der Waals surface area contributed by atoms with E-state index < -0.39 is 11.7 Å². The van der Waals surface area contributed by atoms with E-state index in [-0.39, 0.29) is 24.5 Å². The van der Waals surface area contributed by atoms with Crippen molar-refractivity contribution in [2.24, 2.45) is 5.92 Å². The number of carbonyl (C=O) groups is 2. The lowest BCUT2D eigenvalue weighted by Gasteiger charge is -2.31. The molecule has 0 radical (unpaired) electrons. The zero-order valence-corrected chi connectivity index (χ0v) is 12.8. The van der Waals surface area contributed by atoms with E-state index in [1.807, 2.05) is 0 Å². The van der Waals surface area contributed by atoms with Gasteiger partial charge in [0.25, 0.3) is 0 Å². The Morgan fingerprint density at radius 2 is 1.90 bits per heavy atom. The van der Waals surface area contributed by atoms with Crippen LogP contribution in [0.3, 0.4) is 0 Å². The van der Waals surface area contributed by atoms with Crippen LogP contribution in [0.1, 0.15) is 40.5 Å². The second kappa shape index (κ2) is 6.92. The fraction of sp³-hybridized carbons (Fsp3) is 0.857. The third-order valence-electron chi connectivity index (χ3n) is 3.15. The molecular weight excluding hydrogens is 260 g/mol. The van der Waals surface area contributed by atoms with Gasteiger partial charge >= 0.3 is 6.09 Å². The Morgan fingerprint density at radius 3 is 2.40 bits per heavy atom. The van der Waals surface area contributed by atoms with Crippen LogP contribution in [0.25, 0.3) is 0 Å². The van der Waals surface area contributed by atoms with Gasteiger partial charge in [0.05, 0.1) is 12.0 Å². The minimum absolute atomic E-state index is 0.00737. The third kappa shape index (κ3) is 5.77. The Kier molecular flexibility index (Phi) is 5.80. The molecule has 0 aliphatic carbocycles. The molecule has 0 bridgehead atoms. The SMILES string of the molecule is CC(CNC(=O)OC(C)(C)C)C(=O)N1CCC(O)CC1. The van der Waals surface area contributed by atoms with Crippen molar-refractivity contribution in [1.82, 2.24) is 10.2 Å². The summed E-state index contributed by atoms with van der Waals surface area (Å²) in [6, 6.07) is 0. The number of likely N-dealkylation sites (tertiary alicyclic amines) is 1. The summed E-state index contributed by atoms with van der Waals surface area (Å²) in [6.07, 6.45) is 0.441. The van der Waals surface area contributed by atoms with E-state index in [0.717, 1.165) is 0 Å². The van der Waals surface area contributed by atoms with Crippen molar-refractivity contribution >= 4 is 12.0 Å². The zero-order valence-electron chi connectivity index (χ0n) is 12.8. The maximum absolute atomic E-state index is 12.2. The number of ether oxygens (including phenoxy) is 1. The van der Waals surface area contributed by atoms with Crippen molar-refractivity contribution in [3.8, 4) is 0 Å². The number of carbonyl (C=O) groups excluding carboxylic acids is 2. The van der Waals surface area contributed by atoms with Crippen LogP contribution in [0.5, 0.6) is 0 Å². The van der Waals surface area contributed by atoms with Gasteiger partial charge in [-0.3, -0.25) is 4.79 Å². The van der Waals surface area contributed by atoms with E-state index >= 15 is 0 Å². The molecule has 2 N–H and O–H groups in total. The largest absolute Gasteiger partial charge is 0.444 e. The highest BCUT2D eigenvalue weighted by Gasteiger charge is 2.25. The predicted octanol–water partition coefficient (Wildman–Crippen LogP) is 1.13. The highest BCUT2D eigenvalue weighted by Crippen LogP contribution is 2.13. The quantitative estimate of drug-likeness (QED) is 0.815. The van der Waals surface area contributed by atoms with E-state index in [9.17, 15) is 14.7 Å². The van der Waals surface area contributed by atoms with Gasteiger partial charge in [-0.15, -0.1) is 0 Å². The Bertz CT molecular complexity index is 344. The van der Waals surface area contributed by atoms with Gasteiger partial charge in [-0.2, -0.15) is 0 Å². The van der Waals surface area contributed by atoms with Crippen molar-refractivity contribution in [3.05, 3.63) is 0 Å². The Hall–Kier alpha value is -1.30. The van der Waals surface area contributed by atoms with Crippen LogP contribution in [0.4, 0.5) is 4.79 Å². The summed E-state index contributed by atoms with van der Waals surface area (Å²) >= 11 is 0. The number of rotatable bonds is 3. The van der Waals surface area contributed by atoms with Gasteiger partial charge in [0.15, 0.2) is 0 Å². The normalized spacial score (nSPS) is 18.6. The van der Waals surface area contributed by atoms with Crippen LogP contribution < -0.4 is 5.32 Å². The maximum Gasteiger partial charge on any atom is 0.407 e. The molecule has 1 saturated heterocycles. The van der Waals surface area contributed by atoms with Gasteiger partial charge in [-0.05, 0) is 33.6 Å². The highest BCUT2D eigenvalue weighted by atomic mass is 16.6. The molecule has 6 heteroatoms. The van der Waals surface area contributed by atoms with Crippen LogP contribution in [-0.2, 0) is 9.53 Å². The maximum atomic E-state index is 12.2. The van der Waals surface area contributed by atoms with E-state index in [2.05, 4.69) is 5.32 Å². The minimum atomic E-state index is -0.541. The molecular formula is C14H26N2O4. The molecule has 0 aromatic heterocycles. The van der Waals surface area contributed by atoms with Gasteiger partial charge < -0.3 is 20.1 Å². The number of alkyl carbamates (subject to hydrolysis) is 1. The van der Waals surface area contributed by atoms with E-state index in [0.29, 0.717) is 25.9 Å². The molecule has 20 heavy (non-hydrogen) atoms. The number of amides is 2. The number of piperidine rings is 1. The van der Waals surface area contributed by atoms with Crippen LogP contribution in [0, 0.1) is 5.92 Å². The van der Waals surface area contributed by atoms with Crippen LogP contribution in [0.2, 0.25) is 0 Å². The van der Waals surface area contributed by atoms with Gasteiger partial charge in [0, 0.05) is 19.6 Å². The highest BCUT2D eigenvalue weighted by molar-refractivity contribution is 5.79. The number of hydrogen-bond donors (Lipinski definition) is 2. The number of hydrogen-bond acceptors (Lipinski definition) is 4. The molecule has 116 valence electrons. The van der Waals surface area contributed by atoms with Crippen LogP contribution in [0.15, 0.2) is 0 Å². The average Bonchev–Trinajstić information content (AvgIpc) is 2.34. The number of aliphatic hydroxyl groups is 1. The summed E-state index contributed by atoms with van der Waals surface area (Å²) in [4.78, 5) is 25.4. The third-order valence-corrected chi connectivity index (χ3v) is 3.15. The van der Waals surface area contributed by atoms with E-state index in [1.54, 1.807) is 32.6 Å². The Labute approximate surface area is 120 Å². The van der Waals surface area contributed by atoms with Crippen molar-refractivity contribution in [2.75, 3.05) is 19.6 Å². The molecule has 1 aliphatic rings. The average molecular weight is 286 g/mol. The summed E-state index contributed by atoms with van der Waals surface area (Å²) in [5.41, 5.74) is -0.541. The second-order valence-electron chi connectivity index (χ2n) is 6.34. The van der Waals surface area contributed by atoms with Gasteiger partial charge in [0.2, 0.25) is 5.91 Å². The molecule has 0 spiro atoms. The first-order chi connectivity index (χ1) is 9.19. The van der Waals surface area contributed by atoms with Gasteiger partial charge in [0.1, 0.15) is 5.60 Å². The van der Waals surface area contributed by atoms with Crippen LogP contribution >= 0.6 is 0 Å². The van der Waals surface area contributed by atoms with Gasteiger partial charge in [-0.25, -0.2) is 4.79 Å². The summed E-state index contributed by atoms with van der Waals surface area (Å²) in [5.74, 6) is -0.286. The molecule has 0 aromatic carbocycles. The van der Waals surface area contributed by atoms with Crippen molar-refractivity contribution in [3.63, 3.8) is 0 Å². The molecule has 1 unspecified atom stereocenters. The topological polar surface area (TPSA) is 78.9 Å². The van der Waals surface area contributed by atoms with Crippen molar-refractivity contribution in [2.45, 2.75) is 52.2 Å². The lowest BCUT2D eigenvalue weighted by Crippen LogP contribution is -2.45. The van der Waals surface area contributed by atoms with E-state index in [4.69, 9.17) is 4.74 Å². The first kappa shape index (κ1) is 16.8. The summed E-state index contributed by atoms with van der Waals surface area (Å²) in [5, 5.41) is 12.0. The number of nitrogens with one attached hydrogen (secondary N) is 1. The molecule has 1 atom stereocenters. The Morgan fingerprint density at radius 1 is 1.35 bits per heavy atom. The van der Waals surface area contributed by atoms with E-state index in [1.165, 1.54) is 0 Å². The van der Waals surface area contributed by atoms with Crippen molar-refractivity contribution in [1.29, 1.82) is 0 Å². The molecule has 1 aliphatic heterocycles. The molecule has 1 heterocycles. The molecule has 0 saturated carbocycles. The lowest BCUT2D eigenvalue weighted by atomic mass is 10.0. The van der Waals surface area contributed by atoms with Crippen molar-refractivity contribution < 1.29 is 19.4 Å². The molecule has 1 fully saturated rings. The molecule has 1 rings (SSSR count). The number of aliphatic hydroxyl groups excluding tert-OH is 1. The predicted molar refractivity (Wildman–Crippen MR) is 75.2 cm³/mol. The monoisotopic (exact) mass is 286 g/mol. The lowest BCUT2D eigenvalue weighted by molar-refractivity contribution is -0.136. The van der Waals surface area contributed by atoms with Crippen LogP contribution in [-0.4, -0.2) is 53.3 Å². The minimum Gasteiger partial charge on any atom is -0.444 e. The fourth-order valence-electron chi connectivity index (χ4n) is 2.04. The summed E-state index contributed by atoms with van der Waals surface area (Å²) in [7, 11) is 0. The smallest absolute Gasteiger partial charge is 0.407 e. The second-order valence-corrected chi connectivity index (χ2v) is 6.34. The zero-order chi connectivity index (χ0) is 15.3. The number of nitrogens with zero attached hydrogens (tertiary/aromatic N) is 1. The fourth-order valence-corrected chi connectivity index (χ4v) is 2.04. The first-order valence-corrected chi connectivity index (χ1v) is 7.13. The van der Waals surface area contributed by atoms with Gasteiger partial charge in [-0.1, -0.05) is 6.92 Å². The standard InChI is InChI=1S/C14H26N2O4/c1-10(9-15-13(19)20-14(2,3)4)12(18)16-7-5-11(17)6-8-16/h10-11,17H,5-9H2,1-4H3,(H,15,19). The summed E-state index contributed by atoms with van der Waals surface area (Å²) < 4.78 is 5.12. The molecule has 6 nitrogen and oxygen atoms in total. The molecule has 2 amide bonds.